The molecule has 4 aromatic rings. The zero-order valence-electron chi connectivity index (χ0n) is 21.0. The average Bonchev–Trinajstić information content (AvgIpc) is 3.26. The lowest BCUT2D eigenvalue weighted by Crippen LogP contribution is -2.28. The molecule has 0 saturated heterocycles. The highest BCUT2D eigenvalue weighted by molar-refractivity contribution is 7.99. The summed E-state index contributed by atoms with van der Waals surface area (Å²) in [6.07, 6.45) is 1.61. The minimum absolute atomic E-state index is 0.0804. The SMILES string of the molecule is CCOc1ccc(-n2c(SCC(=O)NCCc3ccccc3)nc3sc4c(c3c2=O)CCN(C)C4)cc1. The van der Waals surface area contributed by atoms with Crippen molar-refractivity contribution in [2.24, 2.45) is 0 Å². The number of nitrogens with one attached hydrogen (secondary N) is 1. The van der Waals surface area contributed by atoms with Crippen LogP contribution >= 0.6 is 23.1 Å². The first-order valence-electron chi connectivity index (χ1n) is 12.5. The molecule has 7 nitrogen and oxygen atoms in total. The number of amides is 1. The van der Waals surface area contributed by atoms with E-state index in [0.717, 1.165) is 42.1 Å². The molecule has 2 aromatic heterocycles. The highest BCUT2D eigenvalue weighted by Crippen LogP contribution is 2.34. The van der Waals surface area contributed by atoms with E-state index in [1.165, 1.54) is 22.2 Å². The first-order chi connectivity index (χ1) is 18.0. The molecule has 3 heterocycles. The van der Waals surface area contributed by atoms with E-state index in [9.17, 15) is 9.59 Å². The van der Waals surface area contributed by atoms with Crippen LogP contribution in [0.15, 0.2) is 64.5 Å². The minimum atomic E-state index is -0.0828. The Hall–Kier alpha value is -3.14. The Kier molecular flexibility index (Phi) is 7.93. The minimum Gasteiger partial charge on any atom is -0.494 e. The molecule has 0 spiro atoms. The monoisotopic (exact) mass is 534 g/mol. The summed E-state index contributed by atoms with van der Waals surface area (Å²) in [4.78, 5) is 35.7. The first-order valence-corrected chi connectivity index (χ1v) is 14.3. The number of benzene rings is 2. The van der Waals surface area contributed by atoms with Gasteiger partial charge in [0.2, 0.25) is 5.91 Å². The maximum Gasteiger partial charge on any atom is 0.267 e. The van der Waals surface area contributed by atoms with Crippen LogP contribution in [-0.2, 0) is 24.2 Å². The predicted molar refractivity (Wildman–Crippen MR) is 150 cm³/mol. The second kappa shape index (κ2) is 11.5. The maximum atomic E-state index is 13.9. The molecule has 9 heteroatoms. The van der Waals surface area contributed by atoms with Crippen molar-refractivity contribution >= 4 is 39.2 Å². The van der Waals surface area contributed by atoms with Crippen LogP contribution in [0.5, 0.6) is 5.75 Å². The van der Waals surface area contributed by atoms with Crippen molar-refractivity contribution in [2.75, 3.05) is 32.5 Å². The Morgan fingerprint density at radius 2 is 1.95 bits per heavy atom. The molecule has 0 radical (unpaired) electrons. The average molecular weight is 535 g/mol. The van der Waals surface area contributed by atoms with Gasteiger partial charge in [-0.05, 0) is 62.2 Å². The van der Waals surface area contributed by atoms with Gasteiger partial charge in [0.25, 0.3) is 5.56 Å². The Labute approximate surface area is 224 Å². The molecule has 1 aliphatic rings. The number of aromatic nitrogens is 2. The van der Waals surface area contributed by atoms with Crippen molar-refractivity contribution in [1.82, 2.24) is 19.8 Å². The normalized spacial score (nSPS) is 13.5. The highest BCUT2D eigenvalue weighted by Gasteiger charge is 2.24. The third-order valence-electron chi connectivity index (χ3n) is 6.35. The third kappa shape index (κ3) is 5.74. The van der Waals surface area contributed by atoms with Crippen LogP contribution in [0.3, 0.4) is 0 Å². The molecule has 0 saturated carbocycles. The summed E-state index contributed by atoms with van der Waals surface area (Å²) in [6.45, 7) is 4.81. The molecule has 1 amide bonds. The topological polar surface area (TPSA) is 76.5 Å². The van der Waals surface area contributed by atoms with Gasteiger partial charge in [-0.15, -0.1) is 11.3 Å². The molecule has 1 N–H and O–H groups in total. The van der Waals surface area contributed by atoms with Crippen LogP contribution in [-0.4, -0.2) is 52.9 Å². The smallest absolute Gasteiger partial charge is 0.267 e. The van der Waals surface area contributed by atoms with E-state index in [2.05, 4.69) is 17.3 Å². The number of carbonyl (C=O) groups is 1. The Bertz CT molecular complexity index is 1450. The van der Waals surface area contributed by atoms with E-state index in [1.54, 1.807) is 15.9 Å². The van der Waals surface area contributed by atoms with Gasteiger partial charge in [0, 0.05) is 24.5 Å². The number of ether oxygens (including phenoxy) is 1. The molecular formula is C28H30N4O3S2. The fourth-order valence-corrected chi connectivity index (χ4v) is 6.69. The van der Waals surface area contributed by atoms with Crippen molar-refractivity contribution in [1.29, 1.82) is 0 Å². The molecule has 0 fully saturated rings. The molecule has 37 heavy (non-hydrogen) atoms. The van der Waals surface area contributed by atoms with Crippen molar-refractivity contribution < 1.29 is 9.53 Å². The number of nitrogens with zero attached hydrogens (tertiary/aromatic N) is 3. The van der Waals surface area contributed by atoms with E-state index < -0.39 is 0 Å². The highest BCUT2D eigenvalue weighted by atomic mass is 32.2. The molecule has 0 unspecified atom stereocenters. The van der Waals surface area contributed by atoms with Crippen molar-refractivity contribution in [3.63, 3.8) is 0 Å². The quantitative estimate of drug-likeness (QED) is 0.255. The summed E-state index contributed by atoms with van der Waals surface area (Å²) >= 11 is 2.88. The van der Waals surface area contributed by atoms with Crippen LogP contribution in [0.1, 0.15) is 22.9 Å². The fourth-order valence-electron chi connectivity index (χ4n) is 4.51. The van der Waals surface area contributed by atoms with Gasteiger partial charge in [0.1, 0.15) is 10.6 Å². The van der Waals surface area contributed by atoms with Gasteiger partial charge in [0.05, 0.1) is 23.4 Å². The largest absolute Gasteiger partial charge is 0.494 e. The summed E-state index contributed by atoms with van der Waals surface area (Å²) in [5.41, 5.74) is 2.93. The summed E-state index contributed by atoms with van der Waals surface area (Å²) < 4.78 is 7.23. The van der Waals surface area contributed by atoms with E-state index in [0.29, 0.717) is 29.4 Å². The van der Waals surface area contributed by atoms with Crippen molar-refractivity contribution in [2.45, 2.75) is 31.5 Å². The molecule has 1 aliphatic heterocycles. The van der Waals surface area contributed by atoms with Gasteiger partial charge in [-0.1, -0.05) is 42.1 Å². The van der Waals surface area contributed by atoms with Gasteiger partial charge in [-0.3, -0.25) is 14.2 Å². The van der Waals surface area contributed by atoms with E-state index in [4.69, 9.17) is 9.72 Å². The van der Waals surface area contributed by atoms with E-state index in [1.807, 2.05) is 61.5 Å². The van der Waals surface area contributed by atoms with Crippen LogP contribution in [0.2, 0.25) is 0 Å². The zero-order valence-corrected chi connectivity index (χ0v) is 22.7. The summed E-state index contributed by atoms with van der Waals surface area (Å²) in [7, 11) is 2.09. The van der Waals surface area contributed by atoms with Crippen molar-refractivity contribution in [3.8, 4) is 11.4 Å². The fraction of sp³-hybridized carbons (Fsp3) is 0.321. The molecule has 0 atom stereocenters. The van der Waals surface area contributed by atoms with Crippen molar-refractivity contribution in [3.05, 3.63) is 81.0 Å². The Balaban J connectivity index is 1.42. The van der Waals surface area contributed by atoms with Crippen LogP contribution in [0.25, 0.3) is 15.9 Å². The molecule has 0 bridgehead atoms. The maximum absolute atomic E-state index is 13.9. The third-order valence-corrected chi connectivity index (χ3v) is 8.40. The second-order valence-electron chi connectivity index (χ2n) is 9.01. The predicted octanol–water partition coefficient (Wildman–Crippen LogP) is 4.28. The lowest BCUT2D eigenvalue weighted by atomic mass is 10.1. The lowest BCUT2D eigenvalue weighted by molar-refractivity contribution is -0.118. The molecule has 2 aromatic carbocycles. The van der Waals surface area contributed by atoms with Gasteiger partial charge in [-0.25, -0.2) is 4.98 Å². The number of thioether (sulfide) groups is 1. The summed E-state index contributed by atoms with van der Waals surface area (Å²) in [5, 5.41) is 4.21. The second-order valence-corrected chi connectivity index (χ2v) is 11.0. The first kappa shape index (κ1) is 25.5. The van der Waals surface area contributed by atoms with Crippen LogP contribution in [0, 0.1) is 0 Å². The number of likely N-dealkylation sites (N-methyl/N-ethyl adjacent to an activating group) is 1. The van der Waals surface area contributed by atoms with Gasteiger partial charge < -0.3 is 15.0 Å². The Morgan fingerprint density at radius 1 is 1.16 bits per heavy atom. The van der Waals surface area contributed by atoms with E-state index >= 15 is 0 Å². The zero-order chi connectivity index (χ0) is 25.8. The molecule has 5 rings (SSSR count). The molecule has 192 valence electrons. The van der Waals surface area contributed by atoms with E-state index in [-0.39, 0.29) is 17.2 Å². The molecular weight excluding hydrogens is 504 g/mol. The standard InChI is InChI=1S/C28H30N4O3S2/c1-3-35-21-11-9-20(10-12-21)32-27(34)25-22-14-16-31(2)17-23(22)37-26(25)30-28(32)36-18-24(33)29-15-13-19-7-5-4-6-8-19/h4-12H,3,13-18H2,1-2H3,(H,29,33). The number of thiophene rings is 1. The summed E-state index contributed by atoms with van der Waals surface area (Å²) in [6, 6.07) is 17.5. The number of hydrogen-bond acceptors (Lipinski definition) is 7. The van der Waals surface area contributed by atoms with Crippen LogP contribution in [0.4, 0.5) is 0 Å². The number of carbonyl (C=O) groups excluding carboxylic acids is 1. The summed E-state index contributed by atoms with van der Waals surface area (Å²) in [5.74, 6) is 0.842. The number of hydrogen-bond donors (Lipinski definition) is 1. The molecule has 0 aliphatic carbocycles. The number of fused-ring (bicyclic) bond motifs is 3. The number of rotatable bonds is 9. The Morgan fingerprint density at radius 3 is 2.70 bits per heavy atom. The van der Waals surface area contributed by atoms with Gasteiger partial charge in [-0.2, -0.15) is 0 Å². The lowest BCUT2D eigenvalue weighted by Gasteiger charge is -2.21. The van der Waals surface area contributed by atoms with Crippen LogP contribution < -0.4 is 15.6 Å². The van der Waals surface area contributed by atoms with Gasteiger partial charge in [0.15, 0.2) is 5.16 Å². The van der Waals surface area contributed by atoms with Gasteiger partial charge >= 0.3 is 0 Å².